The van der Waals surface area contributed by atoms with E-state index in [2.05, 4.69) is 41.9 Å². The molecule has 2 fully saturated rings. The van der Waals surface area contributed by atoms with Crippen molar-refractivity contribution in [1.29, 1.82) is 5.26 Å². The summed E-state index contributed by atoms with van der Waals surface area (Å²) < 4.78 is 15.3. The Morgan fingerprint density at radius 2 is 1.67 bits per heavy atom. The van der Waals surface area contributed by atoms with Gasteiger partial charge >= 0.3 is 0 Å². The topological polar surface area (TPSA) is 194 Å². The monoisotopic (exact) mass is 762 g/mol. The van der Waals surface area contributed by atoms with Crippen molar-refractivity contribution in [2.45, 2.75) is 50.7 Å². The largest absolute Gasteiger partial charge is 0.371 e. The van der Waals surface area contributed by atoms with Crippen molar-refractivity contribution >= 4 is 64.1 Å². The average Bonchev–Trinajstić information content (AvgIpc) is 3.43. The quantitative estimate of drug-likeness (QED) is 0.183. The van der Waals surface area contributed by atoms with Crippen LogP contribution in [-0.4, -0.2) is 81.1 Å². The van der Waals surface area contributed by atoms with Gasteiger partial charge in [0.2, 0.25) is 17.8 Å². The Morgan fingerprint density at radius 3 is 2.42 bits per heavy atom. The van der Waals surface area contributed by atoms with E-state index < -0.39 is 41.5 Å². The SMILES string of the molecule is N#Cc1ccc(N2CCc3c(ncnc3Nc3ccc(C(=O)NC4CCN(c5ccc6c(c5)C(=O)N(C5CCC(=O)NC5=O)C6=O)CC4)c(F)n3)C2)cc1Cl. The maximum absolute atomic E-state index is 15.3. The van der Waals surface area contributed by atoms with E-state index >= 15 is 4.39 Å². The summed E-state index contributed by atoms with van der Waals surface area (Å²) in [7, 11) is 0. The van der Waals surface area contributed by atoms with E-state index in [0.29, 0.717) is 67.5 Å². The van der Waals surface area contributed by atoms with Crippen LogP contribution in [0.2, 0.25) is 5.02 Å². The summed E-state index contributed by atoms with van der Waals surface area (Å²) in [6.07, 6.45) is 3.21. The number of halogens is 2. The molecule has 2 aromatic heterocycles. The molecule has 0 spiro atoms. The minimum absolute atomic E-state index is 0.0401. The Labute approximate surface area is 318 Å². The molecule has 6 heterocycles. The average molecular weight is 763 g/mol. The van der Waals surface area contributed by atoms with Gasteiger partial charge in [-0.25, -0.2) is 15.0 Å². The highest BCUT2D eigenvalue weighted by Gasteiger charge is 2.45. The van der Waals surface area contributed by atoms with Crippen LogP contribution in [0.15, 0.2) is 54.9 Å². The molecule has 4 aromatic rings. The Kier molecular flexibility index (Phi) is 9.31. The molecule has 4 aliphatic heterocycles. The number of nitrogens with zero attached hydrogens (tertiary/aromatic N) is 7. The number of anilines is 4. The Balaban J connectivity index is 0.867. The molecule has 0 aliphatic carbocycles. The number of nitriles is 1. The van der Waals surface area contributed by atoms with Crippen LogP contribution in [0, 0.1) is 17.3 Å². The van der Waals surface area contributed by atoms with E-state index in [-0.39, 0.29) is 41.4 Å². The summed E-state index contributed by atoms with van der Waals surface area (Å²) in [6.45, 7) is 2.16. The minimum atomic E-state index is -1.04. The fraction of sp³-hybridized carbons (Fsp3) is 0.289. The van der Waals surface area contributed by atoms with Crippen molar-refractivity contribution in [2.75, 3.05) is 34.8 Å². The Bertz CT molecular complexity index is 2340. The van der Waals surface area contributed by atoms with Gasteiger partial charge in [0.05, 0.1) is 39.5 Å². The number of aromatic nitrogens is 3. The van der Waals surface area contributed by atoms with Gasteiger partial charge in [-0.3, -0.25) is 34.2 Å². The van der Waals surface area contributed by atoms with Crippen LogP contribution in [0.4, 0.5) is 27.4 Å². The summed E-state index contributed by atoms with van der Waals surface area (Å²) >= 11 is 6.25. The third kappa shape index (κ3) is 6.78. The number of carbonyl (C=O) groups excluding carboxylic acids is 5. The summed E-state index contributed by atoms with van der Waals surface area (Å²) in [6, 6.07) is 13.9. The highest BCUT2D eigenvalue weighted by atomic mass is 35.5. The molecule has 2 aromatic carbocycles. The Morgan fingerprint density at radius 1 is 0.909 bits per heavy atom. The van der Waals surface area contributed by atoms with E-state index in [4.69, 9.17) is 11.6 Å². The van der Waals surface area contributed by atoms with Gasteiger partial charge in [0, 0.05) is 49.0 Å². The number of amides is 5. The van der Waals surface area contributed by atoms with E-state index in [0.717, 1.165) is 21.8 Å². The number of hydrogen-bond donors (Lipinski definition) is 3. The number of carbonyl (C=O) groups is 5. The molecule has 278 valence electrons. The van der Waals surface area contributed by atoms with Crippen molar-refractivity contribution in [3.05, 3.63) is 99.3 Å². The summed E-state index contributed by atoms with van der Waals surface area (Å²) in [5, 5.41) is 17.7. The summed E-state index contributed by atoms with van der Waals surface area (Å²) in [4.78, 5) is 81.4. The van der Waals surface area contributed by atoms with E-state index in [1.54, 1.807) is 30.3 Å². The van der Waals surface area contributed by atoms with Gasteiger partial charge in [-0.1, -0.05) is 11.6 Å². The predicted molar refractivity (Wildman–Crippen MR) is 196 cm³/mol. The maximum Gasteiger partial charge on any atom is 0.262 e. The maximum atomic E-state index is 15.3. The van der Waals surface area contributed by atoms with Gasteiger partial charge in [0.15, 0.2) is 0 Å². The number of benzene rings is 2. The lowest BCUT2D eigenvalue weighted by molar-refractivity contribution is -0.136. The fourth-order valence-electron chi connectivity index (χ4n) is 7.47. The third-order valence-corrected chi connectivity index (χ3v) is 10.7. The van der Waals surface area contributed by atoms with Gasteiger partial charge in [-0.2, -0.15) is 9.65 Å². The number of imide groups is 2. The molecule has 2 saturated heterocycles. The van der Waals surface area contributed by atoms with Crippen molar-refractivity contribution < 1.29 is 28.4 Å². The molecular formula is C38H32ClFN10O5. The van der Waals surface area contributed by atoms with Crippen molar-refractivity contribution in [3.63, 3.8) is 0 Å². The van der Waals surface area contributed by atoms with Crippen LogP contribution in [0.3, 0.4) is 0 Å². The lowest BCUT2D eigenvalue weighted by Gasteiger charge is -2.34. The number of hydrogen-bond acceptors (Lipinski definition) is 12. The number of rotatable bonds is 7. The lowest BCUT2D eigenvalue weighted by Crippen LogP contribution is -2.54. The molecule has 8 rings (SSSR count). The molecule has 1 atom stereocenters. The number of piperidine rings is 2. The molecule has 3 N–H and O–H groups in total. The molecule has 5 amide bonds. The first-order chi connectivity index (χ1) is 26.6. The van der Waals surface area contributed by atoms with E-state index in [9.17, 15) is 29.2 Å². The fourth-order valence-corrected chi connectivity index (χ4v) is 7.69. The van der Waals surface area contributed by atoms with Crippen LogP contribution in [0.25, 0.3) is 0 Å². The Hall–Kier alpha value is -6.47. The number of pyridine rings is 1. The second-order valence-electron chi connectivity index (χ2n) is 13.7. The van der Waals surface area contributed by atoms with Crippen LogP contribution < -0.4 is 25.8 Å². The molecule has 0 bridgehead atoms. The zero-order valence-corrected chi connectivity index (χ0v) is 29.9. The molecular weight excluding hydrogens is 731 g/mol. The minimum Gasteiger partial charge on any atom is -0.371 e. The lowest BCUT2D eigenvalue weighted by atomic mass is 10.0. The summed E-state index contributed by atoms with van der Waals surface area (Å²) in [5.74, 6) is -3.11. The van der Waals surface area contributed by atoms with Gasteiger partial charge in [-0.05, 0) is 74.2 Å². The highest BCUT2D eigenvalue weighted by Crippen LogP contribution is 2.33. The van der Waals surface area contributed by atoms with E-state index in [1.807, 2.05) is 11.0 Å². The van der Waals surface area contributed by atoms with E-state index in [1.165, 1.54) is 18.5 Å². The van der Waals surface area contributed by atoms with Crippen LogP contribution in [0.1, 0.15) is 73.6 Å². The molecule has 17 heteroatoms. The molecule has 0 saturated carbocycles. The standard InChI is InChI=1S/C38H32ClFN10O5/c39-28-16-23(2-1-20(28)17-41)49-14-11-25-29(18-49)42-19-43-34(25)46-31-7-5-26(33(40)45-31)35(52)44-21-9-12-48(13-10-21)22-3-4-24-27(15-22)38(55)50(37(24)54)30-6-8-32(51)47-36(30)53/h1-5,7,15-16,19,21,30H,6,8-14,18H2,(H,44,52)(H,47,51,53)(H,42,43,45,46). The second kappa shape index (κ2) is 14.4. The summed E-state index contributed by atoms with van der Waals surface area (Å²) in [5.41, 5.74) is 3.82. The van der Waals surface area contributed by atoms with Crippen LogP contribution >= 0.6 is 11.6 Å². The van der Waals surface area contributed by atoms with Crippen molar-refractivity contribution in [2.24, 2.45) is 0 Å². The first-order valence-corrected chi connectivity index (χ1v) is 18.1. The smallest absolute Gasteiger partial charge is 0.262 e. The molecule has 1 unspecified atom stereocenters. The molecule has 55 heavy (non-hydrogen) atoms. The first-order valence-electron chi connectivity index (χ1n) is 17.7. The highest BCUT2D eigenvalue weighted by molar-refractivity contribution is 6.32. The van der Waals surface area contributed by atoms with Crippen molar-refractivity contribution in [3.8, 4) is 6.07 Å². The number of nitrogens with one attached hydrogen (secondary N) is 3. The zero-order chi connectivity index (χ0) is 38.4. The van der Waals surface area contributed by atoms with Crippen LogP contribution in [-0.2, 0) is 22.6 Å². The first kappa shape index (κ1) is 35.6. The second-order valence-corrected chi connectivity index (χ2v) is 14.1. The van der Waals surface area contributed by atoms with Gasteiger partial charge in [0.25, 0.3) is 17.7 Å². The predicted octanol–water partition coefficient (Wildman–Crippen LogP) is 3.64. The van der Waals surface area contributed by atoms with Crippen LogP contribution in [0.5, 0.6) is 0 Å². The van der Waals surface area contributed by atoms with Gasteiger partial charge < -0.3 is 20.4 Å². The third-order valence-electron chi connectivity index (χ3n) is 10.4. The molecule has 4 aliphatic rings. The molecule has 15 nitrogen and oxygen atoms in total. The zero-order valence-electron chi connectivity index (χ0n) is 29.1. The number of fused-ring (bicyclic) bond motifs is 2. The van der Waals surface area contributed by atoms with Crippen molar-refractivity contribution in [1.82, 2.24) is 30.5 Å². The van der Waals surface area contributed by atoms with Gasteiger partial charge in [0.1, 0.15) is 30.1 Å². The normalized spacial score (nSPS) is 18.4. The van der Waals surface area contributed by atoms with Gasteiger partial charge in [-0.15, -0.1) is 0 Å². The molecule has 0 radical (unpaired) electrons.